The highest BCUT2D eigenvalue weighted by Gasteiger charge is 2.27. The summed E-state index contributed by atoms with van der Waals surface area (Å²) >= 11 is 0. The number of ether oxygens (including phenoxy) is 2. The molecule has 1 N–H and O–H groups in total. The molecule has 138 valence electrons. The second kappa shape index (κ2) is 8.09. The van der Waals surface area contributed by atoms with E-state index in [1.165, 1.54) is 0 Å². The Balaban J connectivity index is 1.80. The molecule has 1 aromatic rings. The van der Waals surface area contributed by atoms with Crippen molar-refractivity contribution in [2.45, 2.75) is 32.9 Å². The van der Waals surface area contributed by atoms with Crippen molar-refractivity contribution in [1.82, 2.24) is 15.1 Å². The molecular weight excluding hydrogens is 322 g/mol. The Morgan fingerprint density at radius 2 is 1.68 bits per heavy atom. The van der Waals surface area contributed by atoms with Crippen molar-refractivity contribution in [3.05, 3.63) is 29.8 Å². The van der Waals surface area contributed by atoms with E-state index >= 15 is 0 Å². The number of para-hydroxylation sites is 1. The lowest BCUT2D eigenvalue weighted by atomic mass is 10.2. The molecule has 0 unspecified atom stereocenters. The van der Waals surface area contributed by atoms with Gasteiger partial charge in [0.1, 0.15) is 11.4 Å². The van der Waals surface area contributed by atoms with Crippen LogP contribution in [0.3, 0.4) is 0 Å². The minimum Gasteiger partial charge on any atom is -0.496 e. The third kappa shape index (κ3) is 5.55. The lowest BCUT2D eigenvalue weighted by Gasteiger charge is -2.35. The number of hydrogen-bond donors (Lipinski definition) is 1. The van der Waals surface area contributed by atoms with Crippen molar-refractivity contribution in [1.29, 1.82) is 0 Å². The van der Waals surface area contributed by atoms with Gasteiger partial charge < -0.3 is 24.6 Å². The van der Waals surface area contributed by atoms with Crippen LogP contribution in [0.5, 0.6) is 5.75 Å². The number of nitrogens with zero attached hydrogens (tertiary/aromatic N) is 2. The average Bonchev–Trinajstić information content (AvgIpc) is 2.58. The van der Waals surface area contributed by atoms with Gasteiger partial charge in [0.2, 0.25) is 0 Å². The summed E-state index contributed by atoms with van der Waals surface area (Å²) in [5, 5.41) is 2.90. The Bertz CT molecular complexity index is 605. The first kappa shape index (κ1) is 18.9. The van der Waals surface area contributed by atoms with Crippen LogP contribution in [0.15, 0.2) is 24.3 Å². The molecule has 2 rings (SSSR count). The molecule has 1 fully saturated rings. The summed E-state index contributed by atoms with van der Waals surface area (Å²) in [6, 6.07) is 7.43. The topological polar surface area (TPSA) is 71.1 Å². The zero-order valence-electron chi connectivity index (χ0n) is 15.4. The highest BCUT2D eigenvalue weighted by atomic mass is 16.6. The Hall–Kier alpha value is -2.44. The smallest absolute Gasteiger partial charge is 0.410 e. The summed E-state index contributed by atoms with van der Waals surface area (Å²) in [5.41, 5.74) is 0.408. The molecule has 25 heavy (non-hydrogen) atoms. The van der Waals surface area contributed by atoms with Crippen LogP contribution in [0.4, 0.5) is 9.59 Å². The number of amides is 3. The van der Waals surface area contributed by atoms with E-state index in [-0.39, 0.29) is 12.1 Å². The number of benzene rings is 1. The molecule has 1 aliphatic rings. The SMILES string of the molecule is COc1ccccc1CNC(=O)N1CCN(C(=O)OC(C)(C)C)CC1. The molecule has 0 bridgehead atoms. The van der Waals surface area contributed by atoms with Gasteiger partial charge in [-0.2, -0.15) is 0 Å². The molecule has 1 aromatic carbocycles. The molecule has 3 amide bonds. The number of rotatable bonds is 3. The molecular formula is C18H27N3O4. The zero-order valence-corrected chi connectivity index (χ0v) is 15.4. The summed E-state index contributed by atoms with van der Waals surface area (Å²) in [4.78, 5) is 27.7. The molecule has 0 aromatic heterocycles. The Morgan fingerprint density at radius 3 is 2.28 bits per heavy atom. The molecule has 1 saturated heterocycles. The normalized spacial score (nSPS) is 14.9. The molecule has 0 spiro atoms. The first-order valence-electron chi connectivity index (χ1n) is 8.43. The van der Waals surface area contributed by atoms with Crippen LogP contribution in [0.2, 0.25) is 0 Å². The van der Waals surface area contributed by atoms with Crippen LogP contribution in [-0.4, -0.2) is 60.8 Å². The molecule has 0 radical (unpaired) electrons. The third-order valence-electron chi connectivity index (χ3n) is 3.84. The quantitative estimate of drug-likeness (QED) is 0.910. The zero-order chi connectivity index (χ0) is 18.4. The number of nitrogens with one attached hydrogen (secondary N) is 1. The van der Waals surface area contributed by atoms with Crippen molar-refractivity contribution < 1.29 is 19.1 Å². The maximum atomic E-state index is 12.3. The predicted octanol–water partition coefficient (Wildman–Crippen LogP) is 2.46. The van der Waals surface area contributed by atoms with Gasteiger partial charge in [0.25, 0.3) is 0 Å². The fraction of sp³-hybridized carbons (Fsp3) is 0.556. The lowest BCUT2D eigenvalue weighted by molar-refractivity contribution is 0.0170. The second-order valence-corrected chi connectivity index (χ2v) is 6.92. The van der Waals surface area contributed by atoms with Crippen LogP contribution >= 0.6 is 0 Å². The van der Waals surface area contributed by atoms with Gasteiger partial charge in [-0.3, -0.25) is 0 Å². The lowest BCUT2D eigenvalue weighted by Crippen LogP contribution is -2.53. The van der Waals surface area contributed by atoms with E-state index in [9.17, 15) is 9.59 Å². The number of carbonyl (C=O) groups is 2. The monoisotopic (exact) mass is 349 g/mol. The van der Waals surface area contributed by atoms with Crippen LogP contribution in [-0.2, 0) is 11.3 Å². The Labute approximate surface area is 148 Å². The third-order valence-corrected chi connectivity index (χ3v) is 3.84. The van der Waals surface area contributed by atoms with Crippen LogP contribution < -0.4 is 10.1 Å². The summed E-state index contributed by atoms with van der Waals surface area (Å²) in [6.07, 6.45) is -0.332. The number of piperazine rings is 1. The van der Waals surface area contributed by atoms with E-state index in [1.54, 1.807) is 16.9 Å². The molecule has 0 atom stereocenters. The first-order chi connectivity index (χ1) is 11.8. The van der Waals surface area contributed by atoms with Gasteiger partial charge in [0.15, 0.2) is 0 Å². The molecule has 1 heterocycles. The Morgan fingerprint density at radius 1 is 1.08 bits per heavy atom. The van der Waals surface area contributed by atoms with Gasteiger partial charge in [-0.15, -0.1) is 0 Å². The average molecular weight is 349 g/mol. The summed E-state index contributed by atoms with van der Waals surface area (Å²) in [5.74, 6) is 0.748. The van der Waals surface area contributed by atoms with E-state index in [0.29, 0.717) is 32.7 Å². The highest BCUT2D eigenvalue weighted by molar-refractivity contribution is 5.75. The summed E-state index contributed by atoms with van der Waals surface area (Å²) < 4.78 is 10.6. The van der Waals surface area contributed by atoms with E-state index in [0.717, 1.165) is 11.3 Å². The van der Waals surface area contributed by atoms with E-state index < -0.39 is 5.60 Å². The fourth-order valence-electron chi connectivity index (χ4n) is 2.55. The Kier molecular flexibility index (Phi) is 6.12. The van der Waals surface area contributed by atoms with Crippen molar-refractivity contribution in [2.75, 3.05) is 33.3 Å². The van der Waals surface area contributed by atoms with E-state index in [4.69, 9.17) is 9.47 Å². The molecule has 7 nitrogen and oxygen atoms in total. The maximum Gasteiger partial charge on any atom is 0.410 e. The summed E-state index contributed by atoms with van der Waals surface area (Å²) in [6.45, 7) is 7.82. The first-order valence-corrected chi connectivity index (χ1v) is 8.43. The van der Waals surface area contributed by atoms with E-state index in [1.807, 2.05) is 45.0 Å². The number of urea groups is 1. The van der Waals surface area contributed by atoms with Crippen molar-refractivity contribution in [3.8, 4) is 5.75 Å². The maximum absolute atomic E-state index is 12.3. The van der Waals surface area contributed by atoms with E-state index in [2.05, 4.69) is 5.32 Å². The van der Waals surface area contributed by atoms with Crippen molar-refractivity contribution in [2.24, 2.45) is 0 Å². The molecule has 0 aliphatic carbocycles. The highest BCUT2D eigenvalue weighted by Crippen LogP contribution is 2.17. The van der Waals surface area contributed by atoms with Gasteiger partial charge in [0.05, 0.1) is 7.11 Å². The molecule has 0 saturated carbocycles. The van der Waals surface area contributed by atoms with Gasteiger partial charge in [-0.25, -0.2) is 9.59 Å². The summed E-state index contributed by atoms with van der Waals surface area (Å²) in [7, 11) is 1.61. The van der Waals surface area contributed by atoms with Crippen LogP contribution in [0.25, 0.3) is 0 Å². The molecule has 7 heteroatoms. The molecule has 1 aliphatic heterocycles. The number of methoxy groups -OCH3 is 1. The number of hydrogen-bond acceptors (Lipinski definition) is 4. The standard InChI is InChI=1S/C18H27N3O4/c1-18(2,3)25-17(23)21-11-9-20(10-12-21)16(22)19-13-14-7-5-6-8-15(14)24-4/h5-8H,9-13H2,1-4H3,(H,19,22). The van der Waals surface area contributed by atoms with Gasteiger partial charge in [0, 0.05) is 38.3 Å². The van der Waals surface area contributed by atoms with Gasteiger partial charge in [-0.1, -0.05) is 18.2 Å². The second-order valence-electron chi connectivity index (χ2n) is 6.92. The predicted molar refractivity (Wildman–Crippen MR) is 94.6 cm³/mol. The van der Waals surface area contributed by atoms with Crippen molar-refractivity contribution >= 4 is 12.1 Å². The number of carbonyl (C=O) groups excluding carboxylic acids is 2. The largest absolute Gasteiger partial charge is 0.496 e. The minimum absolute atomic E-state index is 0.144. The van der Waals surface area contributed by atoms with Gasteiger partial charge in [-0.05, 0) is 26.8 Å². The fourth-order valence-corrected chi connectivity index (χ4v) is 2.55. The minimum atomic E-state index is -0.514. The van der Waals surface area contributed by atoms with Gasteiger partial charge >= 0.3 is 12.1 Å². The van der Waals surface area contributed by atoms with Crippen LogP contribution in [0.1, 0.15) is 26.3 Å². The van der Waals surface area contributed by atoms with Crippen LogP contribution in [0, 0.1) is 0 Å². The van der Waals surface area contributed by atoms with Crippen molar-refractivity contribution in [3.63, 3.8) is 0 Å².